The molecule has 0 aliphatic heterocycles. The summed E-state index contributed by atoms with van der Waals surface area (Å²) in [5.74, 6) is -0.929. The Balaban J connectivity index is 4.40. The van der Waals surface area contributed by atoms with Gasteiger partial charge in [0.15, 0.2) is 6.10 Å². The lowest BCUT2D eigenvalue weighted by atomic mass is 10.1. The van der Waals surface area contributed by atoms with Crippen molar-refractivity contribution in [1.82, 2.24) is 0 Å². The van der Waals surface area contributed by atoms with Gasteiger partial charge in [-0.15, -0.1) is 0 Å². The summed E-state index contributed by atoms with van der Waals surface area (Å²) in [4.78, 5) is 37.8. The molecule has 6 nitrogen and oxygen atoms in total. The Bertz CT molecular complexity index is 1090. The van der Waals surface area contributed by atoms with Crippen molar-refractivity contribution < 1.29 is 28.6 Å². The number of hydrogen-bond donors (Lipinski definition) is 0. The molecule has 0 amide bonds. The molecule has 0 bridgehead atoms. The minimum absolute atomic E-state index is 0.0867. The molecule has 340 valence electrons. The van der Waals surface area contributed by atoms with E-state index in [1.807, 2.05) is 0 Å². The molecule has 0 saturated carbocycles. The first kappa shape index (κ1) is 56.1. The van der Waals surface area contributed by atoms with E-state index in [1.165, 1.54) is 103 Å². The molecule has 0 aromatic rings. The summed E-state index contributed by atoms with van der Waals surface area (Å²) in [7, 11) is 0. The molecule has 0 aromatic heterocycles. The molecule has 0 aromatic carbocycles. The van der Waals surface area contributed by atoms with E-state index in [9.17, 15) is 14.4 Å². The highest BCUT2D eigenvalue weighted by molar-refractivity contribution is 5.71. The van der Waals surface area contributed by atoms with Gasteiger partial charge in [0.25, 0.3) is 0 Å². The lowest BCUT2D eigenvalue weighted by molar-refractivity contribution is -0.167. The highest BCUT2D eigenvalue weighted by Crippen LogP contribution is 2.14. The highest BCUT2D eigenvalue weighted by atomic mass is 16.6. The fraction of sp³-hybridized carbons (Fsp3) is 0.755. The lowest BCUT2D eigenvalue weighted by Gasteiger charge is -2.18. The average molecular weight is 825 g/mol. The molecule has 0 aliphatic rings. The van der Waals surface area contributed by atoms with Crippen LogP contribution in [0.4, 0.5) is 0 Å². The van der Waals surface area contributed by atoms with Gasteiger partial charge in [-0.25, -0.2) is 0 Å². The second-order valence-electron chi connectivity index (χ2n) is 16.4. The standard InChI is InChI=1S/C53H92O6/c1-4-7-10-13-16-19-22-24-25-26-27-28-29-30-32-34-37-40-43-46-52(55)58-49-50(48-57-51(54)45-42-39-36-33-21-18-15-12-9-6-3)59-53(56)47-44-41-38-35-31-23-20-17-14-11-8-5-2/h16-17,19-20,24-25,27-28,30,32,50H,4-15,18,21-23,26,29,31,33-49H2,1-3H3/b19-16-,20-17-,25-24-,28-27-,32-30-/t50-/m1/s1. The maximum Gasteiger partial charge on any atom is 0.306 e. The van der Waals surface area contributed by atoms with Gasteiger partial charge >= 0.3 is 17.9 Å². The molecule has 6 heteroatoms. The highest BCUT2D eigenvalue weighted by Gasteiger charge is 2.19. The molecule has 0 fully saturated rings. The van der Waals surface area contributed by atoms with E-state index in [1.54, 1.807) is 0 Å². The number of rotatable bonds is 44. The third kappa shape index (κ3) is 46.0. The van der Waals surface area contributed by atoms with Gasteiger partial charge < -0.3 is 14.2 Å². The van der Waals surface area contributed by atoms with Crippen molar-refractivity contribution in [1.29, 1.82) is 0 Å². The summed E-state index contributed by atoms with van der Waals surface area (Å²) < 4.78 is 16.7. The topological polar surface area (TPSA) is 78.9 Å². The fourth-order valence-electron chi connectivity index (χ4n) is 6.71. The minimum atomic E-state index is -0.787. The van der Waals surface area contributed by atoms with Crippen LogP contribution in [0.15, 0.2) is 60.8 Å². The van der Waals surface area contributed by atoms with E-state index < -0.39 is 6.10 Å². The first-order valence-electron chi connectivity index (χ1n) is 24.8. The Morgan fingerprint density at radius 2 is 0.610 bits per heavy atom. The SMILES string of the molecule is CCCCC/C=C\C/C=C\C/C=C\C/C=C\CCCCCC(=O)OC[C@@H](COC(=O)CCCCCCCCCCCC)OC(=O)CCCCCCC/C=C\CCCCC. The van der Waals surface area contributed by atoms with E-state index in [4.69, 9.17) is 14.2 Å². The normalized spacial score (nSPS) is 12.5. The second-order valence-corrected chi connectivity index (χ2v) is 16.4. The molecule has 59 heavy (non-hydrogen) atoms. The third-order valence-electron chi connectivity index (χ3n) is 10.5. The molecular weight excluding hydrogens is 733 g/mol. The number of ether oxygens (including phenoxy) is 3. The van der Waals surface area contributed by atoms with Crippen molar-refractivity contribution in [2.24, 2.45) is 0 Å². The van der Waals surface area contributed by atoms with Gasteiger partial charge in [-0.3, -0.25) is 14.4 Å². The van der Waals surface area contributed by atoms with Gasteiger partial charge in [-0.2, -0.15) is 0 Å². The van der Waals surface area contributed by atoms with Crippen LogP contribution in [0.2, 0.25) is 0 Å². The van der Waals surface area contributed by atoms with Crippen molar-refractivity contribution in [3.63, 3.8) is 0 Å². The predicted molar refractivity (Wildman–Crippen MR) is 251 cm³/mol. The average Bonchev–Trinajstić information content (AvgIpc) is 3.23. The van der Waals surface area contributed by atoms with Crippen LogP contribution in [-0.4, -0.2) is 37.2 Å². The van der Waals surface area contributed by atoms with Crippen LogP contribution < -0.4 is 0 Å². The molecule has 0 saturated heterocycles. The zero-order chi connectivity index (χ0) is 43.0. The van der Waals surface area contributed by atoms with Gasteiger partial charge in [0.05, 0.1) is 0 Å². The number of allylic oxidation sites excluding steroid dienone is 10. The zero-order valence-electron chi connectivity index (χ0n) is 38.8. The second kappa shape index (κ2) is 47.8. The quantitative estimate of drug-likeness (QED) is 0.0263. The van der Waals surface area contributed by atoms with Crippen LogP contribution in [0.25, 0.3) is 0 Å². The van der Waals surface area contributed by atoms with Gasteiger partial charge in [-0.05, 0) is 89.9 Å². The monoisotopic (exact) mass is 825 g/mol. The van der Waals surface area contributed by atoms with E-state index >= 15 is 0 Å². The summed E-state index contributed by atoms with van der Waals surface area (Å²) in [6, 6.07) is 0. The Labute approximate surface area is 364 Å². The molecule has 0 heterocycles. The van der Waals surface area contributed by atoms with Crippen molar-refractivity contribution in [3.8, 4) is 0 Å². The number of esters is 3. The summed E-state index contributed by atoms with van der Waals surface area (Å²) in [5, 5.41) is 0. The molecule has 0 spiro atoms. The summed E-state index contributed by atoms with van der Waals surface area (Å²) in [6.07, 6.45) is 57.7. The summed E-state index contributed by atoms with van der Waals surface area (Å²) in [5.41, 5.74) is 0. The molecule has 0 unspecified atom stereocenters. The van der Waals surface area contributed by atoms with Crippen LogP contribution in [0.5, 0.6) is 0 Å². The molecule has 0 N–H and O–H groups in total. The van der Waals surface area contributed by atoms with Crippen molar-refractivity contribution in [2.75, 3.05) is 13.2 Å². The van der Waals surface area contributed by atoms with Crippen LogP contribution in [0.3, 0.4) is 0 Å². The van der Waals surface area contributed by atoms with E-state index in [0.717, 1.165) is 96.3 Å². The van der Waals surface area contributed by atoms with Crippen LogP contribution in [-0.2, 0) is 28.6 Å². The first-order chi connectivity index (χ1) is 29.0. The van der Waals surface area contributed by atoms with E-state index in [0.29, 0.717) is 19.3 Å². The Kier molecular flexibility index (Phi) is 45.4. The van der Waals surface area contributed by atoms with Gasteiger partial charge in [0.2, 0.25) is 0 Å². The van der Waals surface area contributed by atoms with Crippen molar-refractivity contribution >= 4 is 17.9 Å². The Morgan fingerprint density at radius 1 is 0.339 bits per heavy atom. The molecular formula is C53H92O6. The smallest absolute Gasteiger partial charge is 0.306 e. The fourth-order valence-corrected chi connectivity index (χ4v) is 6.71. The van der Waals surface area contributed by atoms with Gasteiger partial charge in [0, 0.05) is 19.3 Å². The molecule has 0 rings (SSSR count). The van der Waals surface area contributed by atoms with Crippen LogP contribution in [0, 0.1) is 0 Å². The van der Waals surface area contributed by atoms with E-state index in [2.05, 4.69) is 81.5 Å². The van der Waals surface area contributed by atoms with E-state index in [-0.39, 0.29) is 31.1 Å². The van der Waals surface area contributed by atoms with Gasteiger partial charge in [-0.1, -0.05) is 191 Å². The Hall–Kier alpha value is -2.89. The van der Waals surface area contributed by atoms with Crippen molar-refractivity contribution in [2.45, 2.75) is 245 Å². The predicted octanol–water partition coefficient (Wildman–Crippen LogP) is 16.1. The van der Waals surface area contributed by atoms with Crippen LogP contribution >= 0.6 is 0 Å². The zero-order valence-corrected chi connectivity index (χ0v) is 38.8. The van der Waals surface area contributed by atoms with Crippen LogP contribution in [0.1, 0.15) is 239 Å². The maximum absolute atomic E-state index is 12.7. The van der Waals surface area contributed by atoms with Gasteiger partial charge in [0.1, 0.15) is 13.2 Å². The molecule has 1 atom stereocenters. The lowest BCUT2D eigenvalue weighted by Crippen LogP contribution is -2.30. The first-order valence-corrected chi connectivity index (χ1v) is 24.8. The summed E-state index contributed by atoms with van der Waals surface area (Å²) >= 11 is 0. The number of carbonyl (C=O) groups is 3. The summed E-state index contributed by atoms with van der Waals surface area (Å²) in [6.45, 7) is 6.53. The third-order valence-corrected chi connectivity index (χ3v) is 10.5. The number of carbonyl (C=O) groups excluding carboxylic acids is 3. The number of hydrogen-bond acceptors (Lipinski definition) is 6. The van der Waals surface area contributed by atoms with Crippen molar-refractivity contribution in [3.05, 3.63) is 60.8 Å². The largest absolute Gasteiger partial charge is 0.462 e. The molecule has 0 aliphatic carbocycles. The number of unbranched alkanes of at least 4 members (excludes halogenated alkanes) is 23. The molecule has 0 radical (unpaired) electrons. The minimum Gasteiger partial charge on any atom is -0.462 e. The Morgan fingerprint density at radius 3 is 1.02 bits per heavy atom. The maximum atomic E-state index is 12.7.